The second-order valence-electron chi connectivity index (χ2n) is 8.49. The monoisotopic (exact) mass is 428 g/mol. The number of hydrogen-bond acceptors (Lipinski definition) is 4. The van der Waals surface area contributed by atoms with Gasteiger partial charge in [0, 0.05) is 25.7 Å². The van der Waals surface area contributed by atoms with E-state index in [-0.39, 0.29) is 6.10 Å². The van der Waals surface area contributed by atoms with Gasteiger partial charge in [-0.05, 0) is 70.7 Å². The summed E-state index contributed by atoms with van der Waals surface area (Å²) in [6.45, 7) is 8.49. The number of benzene rings is 1. The number of rotatable bonds is 6. The lowest BCUT2D eigenvalue weighted by atomic mass is 9.91. The van der Waals surface area contributed by atoms with Crippen molar-refractivity contribution in [2.24, 2.45) is 5.92 Å². The molecule has 1 aromatic rings. The van der Waals surface area contributed by atoms with Crippen LogP contribution in [0.5, 0.6) is 5.75 Å². The minimum Gasteiger partial charge on any atom is -0.490 e. The predicted octanol–water partition coefficient (Wildman–Crippen LogP) is 4.41. The van der Waals surface area contributed by atoms with E-state index in [0.717, 1.165) is 64.2 Å². The van der Waals surface area contributed by atoms with Crippen molar-refractivity contribution in [2.75, 3.05) is 32.7 Å². The zero-order valence-electron chi connectivity index (χ0n) is 16.7. The molecule has 0 amide bonds. The van der Waals surface area contributed by atoms with Crippen LogP contribution in [0.4, 0.5) is 0 Å². The summed E-state index contributed by atoms with van der Waals surface area (Å²) < 4.78 is 6.07. The van der Waals surface area contributed by atoms with E-state index < -0.39 is 11.5 Å². The summed E-state index contributed by atoms with van der Waals surface area (Å²) in [6, 6.07) is 5.42. The van der Waals surface area contributed by atoms with Crippen molar-refractivity contribution in [3.05, 3.63) is 28.2 Å². The number of halogens is 2. The van der Waals surface area contributed by atoms with Crippen molar-refractivity contribution in [1.29, 1.82) is 0 Å². The Labute approximate surface area is 177 Å². The summed E-state index contributed by atoms with van der Waals surface area (Å²) in [7, 11) is 0. The Morgan fingerprint density at radius 3 is 2.32 bits per heavy atom. The Kier molecular flexibility index (Phi) is 7.13. The minimum atomic E-state index is -0.773. The van der Waals surface area contributed by atoms with Gasteiger partial charge in [0.15, 0.2) is 0 Å². The lowest BCUT2D eigenvalue weighted by molar-refractivity contribution is -0.150. The van der Waals surface area contributed by atoms with E-state index in [1.54, 1.807) is 26.0 Å². The molecule has 1 N–H and O–H groups in total. The molecule has 0 saturated carbocycles. The number of piperidine rings is 2. The summed E-state index contributed by atoms with van der Waals surface area (Å²) >= 11 is 12.0. The van der Waals surface area contributed by atoms with Crippen molar-refractivity contribution >= 4 is 29.2 Å². The molecule has 2 aliphatic rings. The fourth-order valence-corrected chi connectivity index (χ4v) is 4.42. The highest BCUT2D eigenvalue weighted by Crippen LogP contribution is 2.29. The Hall–Kier alpha value is -1.01. The SMILES string of the molecule is CC(C)(C(=O)O)N1CCC(CN2CCC(Oc3ccc(Cl)c(Cl)c3)CC2)CC1. The predicted molar refractivity (Wildman–Crippen MR) is 113 cm³/mol. The Bertz CT molecular complexity index is 682. The smallest absolute Gasteiger partial charge is 0.323 e. The molecule has 0 radical (unpaired) electrons. The number of likely N-dealkylation sites (tertiary alicyclic amines) is 2. The highest BCUT2D eigenvalue weighted by atomic mass is 35.5. The summed E-state index contributed by atoms with van der Waals surface area (Å²) in [5, 5.41) is 10.5. The van der Waals surface area contributed by atoms with Crippen LogP contribution in [0.15, 0.2) is 18.2 Å². The molecule has 1 aromatic carbocycles. The molecule has 0 aliphatic carbocycles. The second kappa shape index (κ2) is 9.21. The highest BCUT2D eigenvalue weighted by Gasteiger charge is 2.37. The number of ether oxygens (including phenoxy) is 1. The number of carboxylic acid groups (broad SMARTS) is 1. The van der Waals surface area contributed by atoms with E-state index in [4.69, 9.17) is 27.9 Å². The number of carbonyl (C=O) groups is 1. The zero-order valence-corrected chi connectivity index (χ0v) is 18.2. The summed E-state index contributed by atoms with van der Waals surface area (Å²) in [5.41, 5.74) is -0.773. The van der Waals surface area contributed by atoms with E-state index >= 15 is 0 Å². The minimum absolute atomic E-state index is 0.215. The van der Waals surface area contributed by atoms with E-state index in [1.807, 2.05) is 6.07 Å². The number of nitrogens with zero attached hydrogens (tertiary/aromatic N) is 2. The molecular formula is C21H30Cl2N2O3. The quantitative estimate of drug-likeness (QED) is 0.726. The Balaban J connectivity index is 1.40. The largest absolute Gasteiger partial charge is 0.490 e. The molecule has 28 heavy (non-hydrogen) atoms. The van der Waals surface area contributed by atoms with Crippen LogP contribution >= 0.6 is 23.2 Å². The van der Waals surface area contributed by atoms with Crippen molar-refractivity contribution in [3.63, 3.8) is 0 Å². The van der Waals surface area contributed by atoms with Gasteiger partial charge in [-0.3, -0.25) is 9.69 Å². The molecule has 2 saturated heterocycles. The Morgan fingerprint density at radius 2 is 1.75 bits per heavy atom. The van der Waals surface area contributed by atoms with Gasteiger partial charge >= 0.3 is 5.97 Å². The number of aliphatic carboxylic acids is 1. The third-order valence-corrected chi connectivity index (χ3v) is 6.91. The average molecular weight is 429 g/mol. The van der Waals surface area contributed by atoms with Gasteiger partial charge in [0.25, 0.3) is 0 Å². The number of carboxylic acids is 1. The topological polar surface area (TPSA) is 53.0 Å². The Morgan fingerprint density at radius 1 is 1.11 bits per heavy atom. The van der Waals surface area contributed by atoms with Crippen molar-refractivity contribution < 1.29 is 14.6 Å². The standard InChI is InChI=1S/C21H30Cl2N2O3/c1-21(2,20(26)27)25-11-5-15(6-12-25)14-24-9-7-16(8-10-24)28-17-3-4-18(22)19(23)13-17/h3-4,13,15-16H,5-12,14H2,1-2H3,(H,26,27). The van der Waals surface area contributed by atoms with Crippen LogP contribution in [-0.2, 0) is 4.79 Å². The molecule has 0 bridgehead atoms. The lowest BCUT2D eigenvalue weighted by Gasteiger charge is -2.42. The van der Waals surface area contributed by atoms with Crippen LogP contribution in [0.1, 0.15) is 39.5 Å². The van der Waals surface area contributed by atoms with Crippen LogP contribution in [0, 0.1) is 5.92 Å². The molecule has 0 spiro atoms. The van der Waals surface area contributed by atoms with Crippen molar-refractivity contribution in [3.8, 4) is 5.75 Å². The molecule has 0 aromatic heterocycles. The van der Waals surface area contributed by atoms with Crippen LogP contribution in [-0.4, -0.2) is 65.2 Å². The van der Waals surface area contributed by atoms with Gasteiger partial charge in [-0.15, -0.1) is 0 Å². The maximum atomic E-state index is 11.4. The van der Waals surface area contributed by atoms with Gasteiger partial charge in [0.2, 0.25) is 0 Å². The average Bonchev–Trinajstić information content (AvgIpc) is 2.67. The second-order valence-corrected chi connectivity index (χ2v) is 9.30. The summed E-state index contributed by atoms with van der Waals surface area (Å²) in [4.78, 5) is 16.1. The first-order valence-electron chi connectivity index (χ1n) is 10.1. The molecule has 3 rings (SSSR count). The first-order valence-corrected chi connectivity index (χ1v) is 10.8. The normalized spacial score (nSPS) is 21.0. The van der Waals surface area contributed by atoms with Crippen molar-refractivity contribution in [1.82, 2.24) is 9.80 Å². The fourth-order valence-electron chi connectivity index (χ4n) is 4.13. The molecule has 0 atom stereocenters. The maximum absolute atomic E-state index is 11.4. The van der Waals surface area contributed by atoms with Crippen molar-refractivity contribution in [2.45, 2.75) is 51.2 Å². The maximum Gasteiger partial charge on any atom is 0.323 e. The van der Waals surface area contributed by atoms with Gasteiger partial charge in [-0.25, -0.2) is 0 Å². The van der Waals surface area contributed by atoms with E-state index in [0.29, 0.717) is 16.0 Å². The van der Waals surface area contributed by atoms with Crippen LogP contribution < -0.4 is 4.74 Å². The van der Waals surface area contributed by atoms with E-state index in [9.17, 15) is 9.90 Å². The van der Waals surface area contributed by atoms with Crippen LogP contribution in [0.25, 0.3) is 0 Å². The first-order chi connectivity index (χ1) is 13.3. The molecule has 2 heterocycles. The summed E-state index contributed by atoms with van der Waals surface area (Å²) in [5.74, 6) is 0.685. The van der Waals surface area contributed by atoms with Crippen LogP contribution in [0.3, 0.4) is 0 Å². The van der Waals surface area contributed by atoms with Gasteiger partial charge in [0.1, 0.15) is 17.4 Å². The van der Waals surface area contributed by atoms with E-state index in [1.165, 1.54) is 0 Å². The molecule has 2 aliphatic heterocycles. The first kappa shape index (κ1) is 21.7. The molecule has 0 unspecified atom stereocenters. The van der Waals surface area contributed by atoms with E-state index in [2.05, 4.69) is 9.80 Å². The fraction of sp³-hybridized carbons (Fsp3) is 0.667. The molecule has 156 valence electrons. The lowest BCUT2D eigenvalue weighted by Crippen LogP contribution is -2.54. The third-order valence-electron chi connectivity index (χ3n) is 6.17. The van der Waals surface area contributed by atoms with Gasteiger partial charge in [-0.1, -0.05) is 23.2 Å². The van der Waals surface area contributed by atoms with Gasteiger partial charge < -0.3 is 14.7 Å². The molecule has 7 heteroatoms. The number of hydrogen-bond donors (Lipinski definition) is 1. The molecular weight excluding hydrogens is 399 g/mol. The highest BCUT2D eigenvalue weighted by molar-refractivity contribution is 6.42. The van der Waals surface area contributed by atoms with Gasteiger partial charge in [0.05, 0.1) is 10.0 Å². The molecule has 5 nitrogen and oxygen atoms in total. The summed E-state index contributed by atoms with van der Waals surface area (Å²) in [6.07, 6.45) is 4.36. The van der Waals surface area contributed by atoms with Crippen LogP contribution in [0.2, 0.25) is 10.0 Å². The third kappa shape index (κ3) is 5.32. The molecule has 2 fully saturated rings. The zero-order chi connectivity index (χ0) is 20.3. The van der Waals surface area contributed by atoms with Gasteiger partial charge in [-0.2, -0.15) is 0 Å².